The van der Waals surface area contributed by atoms with Crippen molar-refractivity contribution in [1.29, 1.82) is 0 Å². The van der Waals surface area contributed by atoms with E-state index >= 15 is 0 Å². The van der Waals surface area contributed by atoms with Gasteiger partial charge in [0, 0.05) is 30.7 Å². The van der Waals surface area contributed by atoms with Crippen LogP contribution in [0.25, 0.3) is 11.2 Å². The molecule has 1 atom stereocenters. The van der Waals surface area contributed by atoms with E-state index < -0.39 is 0 Å². The van der Waals surface area contributed by atoms with Gasteiger partial charge in [0.1, 0.15) is 5.75 Å². The molecule has 3 aromatic rings. The van der Waals surface area contributed by atoms with Crippen LogP contribution in [0, 0.1) is 0 Å². The highest BCUT2D eigenvalue weighted by Gasteiger charge is 2.15. The second kappa shape index (κ2) is 7.98. The number of nitrogens with one attached hydrogen (secondary N) is 2. The van der Waals surface area contributed by atoms with Gasteiger partial charge in [0.25, 0.3) is 0 Å². The maximum atomic E-state index is 10.1. The Morgan fingerprint density at radius 3 is 2.70 bits per heavy atom. The van der Waals surface area contributed by atoms with Crippen molar-refractivity contribution in [1.82, 2.24) is 19.5 Å². The van der Waals surface area contributed by atoms with Gasteiger partial charge in [-0.1, -0.05) is 23.7 Å². The summed E-state index contributed by atoms with van der Waals surface area (Å²) in [6, 6.07) is 5.41. The van der Waals surface area contributed by atoms with Crippen molar-refractivity contribution in [3.8, 4) is 5.75 Å². The van der Waals surface area contributed by atoms with E-state index in [4.69, 9.17) is 17.3 Å². The first kappa shape index (κ1) is 19.2. The van der Waals surface area contributed by atoms with Crippen LogP contribution in [0.3, 0.4) is 0 Å². The number of fused-ring (bicyclic) bond motifs is 1. The zero-order chi connectivity index (χ0) is 19.6. The molecule has 0 aliphatic rings. The van der Waals surface area contributed by atoms with E-state index in [1.807, 2.05) is 11.5 Å². The number of aromatic hydroxyl groups is 1. The van der Waals surface area contributed by atoms with Crippen LogP contribution in [-0.2, 0) is 6.54 Å². The number of para-hydroxylation sites is 1. The van der Waals surface area contributed by atoms with Crippen LogP contribution in [0.5, 0.6) is 5.75 Å². The number of hydrogen-bond acceptors (Lipinski definition) is 7. The number of nitrogens with two attached hydrogens (primary N) is 1. The SMILES string of the molecule is CC(N)CNc1nc(NCc2cccc(Cl)c2O)c2ncn(C(C)C)c2n1. The van der Waals surface area contributed by atoms with Crippen LogP contribution >= 0.6 is 11.6 Å². The first-order valence-corrected chi connectivity index (χ1v) is 9.19. The zero-order valence-corrected chi connectivity index (χ0v) is 16.3. The average molecular weight is 390 g/mol. The predicted octanol–water partition coefficient (Wildman–Crippen LogP) is 3.14. The minimum Gasteiger partial charge on any atom is -0.506 e. The van der Waals surface area contributed by atoms with Crippen LogP contribution < -0.4 is 16.4 Å². The van der Waals surface area contributed by atoms with Crippen LogP contribution in [0.2, 0.25) is 5.02 Å². The maximum Gasteiger partial charge on any atom is 0.226 e. The lowest BCUT2D eigenvalue weighted by Gasteiger charge is -2.13. The van der Waals surface area contributed by atoms with Gasteiger partial charge >= 0.3 is 0 Å². The third-order valence-corrected chi connectivity index (χ3v) is 4.38. The fraction of sp³-hybridized carbons (Fsp3) is 0.389. The standard InChI is InChI=1S/C18H24ClN7O/c1-10(2)26-9-23-14-16(21-8-12-5-4-6-13(19)15(12)27)24-18(25-17(14)26)22-7-11(3)20/h4-6,9-11,27H,7-8,20H2,1-3H3,(H2,21,22,24,25). The van der Waals surface area contributed by atoms with Gasteiger partial charge < -0.3 is 26.0 Å². The van der Waals surface area contributed by atoms with Gasteiger partial charge in [0.2, 0.25) is 5.95 Å². The number of rotatable bonds is 7. The van der Waals surface area contributed by atoms with E-state index in [0.717, 1.165) is 5.65 Å². The molecular weight excluding hydrogens is 366 g/mol. The van der Waals surface area contributed by atoms with Crippen molar-refractivity contribution in [2.24, 2.45) is 5.73 Å². The molecule has 2 aromatic heterocycles. The van der Waals surface area contributed by atoms with Crippen molar-refractivity contribution >= 4 is 34.5 Å². The molecule has 0 aliphatic heterocycles. The Hall–Kier alpha value is -2.58. The number of anilines is 2. The Morgan fingerprint density at radius 1 is 1.22 bits per heavy atom. The number of hydrogen-bond donors (Lipinski definition) is 4. The average Bonchev–Trinajstić information content (AvgIpc) is 3.05. The normalized spacial score (nSPS) is 12.5. The molecule has 0 aliphatic carbocycles. The molecule has 0 saturated heterocycles. The summed E-state index contributed by atoms with van der Waals surface area (Å²) < 4.78 is 1.98. The van der Waals surface area contributed by atoms with Crippen molar-refractivity contribution in [2.75, 3.05) is 17.2 Å². The zero-order valence-electron chi connectivity index (χ0n) is 15.6. The highest BCUT2D eigenvalue weighted by atomic mass is 35.5. The summed E-state index contributed by atoms with van der Waals surface area (Å²) in [6.07, 6.45) is 1.75. The van der Waals surface area contributed by atoms with Crippen molar-refractivity contribution in [3.63, 3.8) is 0 Å². The number of halogens is 1. The monoisotopic (exact) mass is 389 g/mol. The van der Waals surface area contributed by atoms with Gasteiger partial charge in [0.15, 0.2) is 17.0 Å². The van der Waals surface area contributed by atoms with E-state index in [0.29, 0.717) is 41.0 Å². The van der Waals surface area contributed by atoms with Crippen molar-refractivity contribution in [2.45, 2.75) is 39.4 Å². The summed E-state index contributed by atoms with van der Waals surface area (Å²) in [7, 11) is 0. The molecular formula is C18H24ClN7O. The molecule has 0 saturated carbocycles. The Labute approximate surface area is 162 Å². The number of aromatic nitrogens is 4. The quantitative estimate of drug-likeness (QED) is 0.490. The van der Waals surface area contributed by atoms with Crippen LogP contribution in [-0.4, -0.2) is 37.2 Å². The van der Waals surface area contributed by atoms with E-state index in [9.17, 15) is 5.11 Å². The van der Waals surface area contributed by atoms with Crippen molar-refractivity contribution < 1.29 is 5.11 Å². The Bertz CT molecular complexity index is 939. The Morgan fingerprint density at radius 2 is 2.00 bits per heavy atom. The number of phenolic OH excluding ortho intramolecular Hbond substituents is 1. The van der Waals surface area contributed by atoms with Gasteiger partial charge in [-0.2, -0.15) is 9.97 Å². The minimum absolute atomic E-state index is 0.0286. The van der Waals surface area contributed by atoms with Gasteiger partial charge in [-0.3, -0.25) is 0 Å². The molecule has 0 amide bonds. The van der Waals surface area contributed by atoms with E-state index in [2.05, 4.69) is 39.4 Å². The summed E-state index contributed by atoms with van der Waals surface area (Å²) in [5.41, 5.74) is 7.88. The van der Waals surface area contributed by atoms with Crippen molar-refractivity contribution in [3.05, 3.63) is 35.1 Å². The molecule has 2 heterocycles. The number of imidazole rings is 1. The second-order valence-electron chi connectivity index (χ2n) is 6.77. The lowest BCUT2D eigenvalue weighted by atomic mass is 10.2. The molecule has 0 fully saturated rings. The summed E-state index contributed by atoms with van der Waals surface area (Å²) in [5, 5.41) is 16.8. The van der Waals surface area contributed by atoms with Crippen LogP contribution in [0.1, 0.15) is 32.4 Å². The van der Waals surface area contributed by atoms with Gasteiger partial charge in [-0.15, -0.1) is 0 Å². The van der Waals surface area contributed by atoms with Crippen LogP contribution in [0.15, 0.2) is 24.5 Å². The smallest absolute Gasteiger partial charge is 0.226 e. The number of nitrogens with zero attached hydrogens (tertiary/aromatic N) is 4. The lowest BCUT2D eigenvalue weighted by molar-refractivity contribution is 0.469. The highest BCUT2D eigenvalue weighted by molar-refractivity contribution is 6.32. The molecule has 144 valence electrons. The fourth-order valence-corrected chi connectivity index (χ4v) is 2.82. The molecule has 1 aromatic carbocycles. The third-order valence-electron chi connectivity index (χ3n) is 4.08. The second-order valence-corrected chi connectivity index (χ2v) is 7.18. The highest BCUT2D eigenvalue weighted by Crippen LogP contribution is 2.29. The summed E-state index contributed by atoms with van der Waals surface area (Å²) in [6.45, 7) is 6.94. The van der Waals surface area contributed by atoms with Gasteiger partial charge in [-0.25, -0.2) is 4.98 Å². The third kappa shape index (κ3) is 4.23. The summed E-state index contributed by atoms with van der Waals surface area (Å²) in [5.74, 6) is 1.10. The summed E-state index contributed by atoms with van der Waals surface area (Å²) in [4.78, 5) is 13.6. The predicted molar refractivity (Wildman–Crippen MR) is 108 cm³/mol. The number of benzene rings is 1. The molecule has 5 N–H and O–H groups in total. The molecule has 1 unspecified atom stereocenters. The molecule has 27 heavy (non-hydrogen) atoms. The fourth-order valence-electron chi connectivity index (χ4n) is 2.63. The Balaban J connectivity index is 1.95. The molecule has 0 radical (unpaired) electrons. The summed E-state index contributed by atoms with van der Waals surface area (Å²) >= 11 is 5.98. The molecule has 8 nitrogen and oxygen atoms in total. The first-order valence-electron chi connectivity index (χ1n) is 8.81. The maximum absolute atomic E-state index is 10.1. The Kier molecular flexibility index (Phi) is 5.67. The largest absolute Gasteiger partial charge is 0.506 e. The minimum atomic E-state index is -0.0286. The molecule has 0 bridgehead atoms. The van der Waals surface area contributed by atoms with Crippen LogP contribution in [0.4, 0.5) is 11.8 Å². The molecule has 3 rings (SSSR count). The van der Waals surface area contributed by atoms with Gasteiger partial charge in [-0.05, 0) is 26.8 Å². The van der Waals surface area contributed by atoms with E-state index in [-0.39, 0.29) is 17.8 Å². The lowest BCUT2D eigenvalue weighted by Crippen LogP contribution is -2.26. The first-order chi connectivity index (χ1) is 12.9. The van der Waals surface area contributed by atoms with E-state index in [1.54, 1.807) is 24.5 Å². The number of phenols is 1. The molecule has 0 spiro atoms. The van der Waals surface area contributed by atoms with E-state index in [1.165, 1.54) is 0 Å². The topological polar surface area (TPSA) is 114 Å². The van der Waals surface area contributed by atoms with Gasteiger partial charge in [0.05, 0.1) is 11.3 Å². The molecule has 9 heteroatoms.